The highest BCUT2D eigenvalue weighted by atomic mass is 35.5. The van der Waals surface area contributed by atoms with Crippen LogP contribution in [0.3, 0.4) is 0 Å². The lowest BCUT2D eigenvalue weighted by Gasteiger charge is -2.10. The molecule has 0 aromatic carbocycles. The molecular formula is C9H14ClNO3S2. The number of thiophene rings is 1. The first-order valence-corrected chi connectivity index (χ1v) is 7.53. The molecule has 0 fully saturated rings. The van der Waals surface area contributed by atoms with Crippen molar-refractivity contribution < 1.29 is 13.5 Å². The molecule has 1 aromatic rings. The van der Waals surface area contributed by atoms with Crippen molar-refractivity contribution in [3.63, 3.8) is 0 Å². The van der Waals surface area contributed by atoms with Gasteiger partial charge in [-0.25, -0.2) is 13.1 Å². The van der Waals surface area contributed by atoms with Crippen LogP contribution >= 0.6 is 22.9 Å². The number of aliphatic hydroxyl groups is 1. The van der Waals surface area contributed by atoms with Crippen molar-refractivity contribution in [2.45, 2.75) is 18.6 Å². The van der Waals surface area contributed by atoms with Crippen LogP contribution in [-0.2, 0) is 16.4 Å². The third-order valence-corrected chi connectivity index (χ3v) is 5.20. The molecular weight excluding hydrogens is 270 g/mol. The Morgan fingerprint density at radius 1 is 1.56 bits per heavy atom. The lowest BCUT2D eigenvalue weighted by atomic mass is 10.3. The second-order valence-electron chi connectivity index (χ2n) is 3.39. The van der Waals surface area contributed by atoms with Crippen LogP contribution in [0.5, 0.6) is 0 Å². The van der Waals surface area contributed by atoms with Crippen molar-refractivity contribution in [1.29, 1.82) is 0 Å². The number of rotatable bonds is 6. The molecule has 92 valence electrons. The van der Waals surface area contributed by atoms with Crippen LogP contribution in [-0.4, -0.2) is 31.9 Å². The summed E-state index contributed by atoms with van der Waals surface area (Å²) in [4.78, 5) is 1.03. The molecule has 2 N–H and O–H groups in total. The van der Waals surface area contributed by atoms with E-state index in [9.17, 15) is 8.42 Å². The second-order valence-corrected chi connectivity index (χ2v) is 7.37. The number of hydrogen-bond acceptors (Lipinski definition) is 4. The number of sulfonamides is 1. The number of hydrogen-bond donors (Lipinski definition) is 2. The summed E-state index contributed by atoms with van der Waals surface area (Å²) in [7, 11) is -3.40. The fourth-order valence-electron chi connectivity index (χ4n) is 1.04. The molecule has 0 bridgehead atoms. The van der Waals surface area contributed by atoms with E-state index in [1.165, 1.54) is 18.3 Å². The van der Waals surface area contributed by atoms with E-state index in [2.05, 4.69) is 4.72 Å². The van der Waals surface area contributed by atoms with Gasteiger partial charge in [0.15, 0.2) is 0 Å². The Morgan fingerprint density at radius 2 is 2.25 bits per heavy atom. The van der Waals surface area contributed by atoms with Crippen LogP contribution in [0.25, 0.3) is 0 Å². The topological polar surface area (TPSA) is 66.4 Å². The van der Waals surface area contributed by atoms with E-state index < -0.39 is 15.3 Å². The molecule has 1 heterocycles. The largest absolute Gasteiger partial charge is 0.395 e. The van der Waals surface area contributed by atoms with Gasteiger partial charge in [0, 0.05) is 11.4 Å². The van der Waals surface area contributed by atoms with Crippen LogP contribution < -0.4 is 4.72 Å². The maximum absolute atomic E-state index is 11.5. The summed E-state index contributed by atoms with van der Waals surface area (Å²) in [5, 5.41) is 7.98. The fourth-order valence-corrected chi connectivity index (χ4v) is 3.00. The third-order valence-electron chi connectivity index (χ3n) is 2.09. The maximum atomic E-state index is 11.5. The molecule has 1 atom stereocenters. The predicted octanol–water partition coefficient (Wildman–Crippen LogP) is 1.24. The molecule has 0 saturated carbocycles. The average Bonchev–Trinajstić information content (AvgIpc) is 2.62. The van der Waals surface area contributed by atoms with Gasteiger partial charge in [0.2, 0.25) is 10.0 Å². The summed E-state index contributed by atoms with van der Waals surface area (Å²) >= 11 is 7.18. The fraction of sp³-hybridized carbons (Fsp3) is 0.556. The minimum Gasteiger partial charge on any atom is -0.395 e. The van der Waals surface area contributed by atoms with Crippen LogP contribution in [0.4, 0.5) is 0 Å². The molecule has 7 heteroatoms. The van der Waals surface area contributed by atoms with E-state index in [1.54, 1.807) is 6.07 Å². The zero-order valence-corrected chi connectivity index (χ0v) is 11.2. The SMILES string of the molecule is CC(CO)S(=O)(=O)NCCc1ccc(Cl)s1. The van der Waals surface area contributed by atoms with Gasteiger partial charge in [-0.05, 0) is 25.5 Å². The number of nitrogens with one attached hydrogen (secondary N) is 1. The highest BCUT2D eigenvalue weighted by Crippen LogP contribution is 2.21. The zero-order chi connectivity index (χ0) is 12.2. The molecule has 4 nitrogen and oxygen atoms in total. The first-order valence-electron chi connectivity index (χ1n) is 4.79. The van der Waals surface area contributed by atoms with Crippen LogP contribution in [0.2, 0.25) is 4.34 Å². The van der Waals surface area contributed by atoms with E-state index in [4.69, 9.17) is 16.7 Å². The first-order chi connectivity index (χ1) is 7.45. The van der Waals surface area contributed by atoms with Crippen LogP contribution in [0.1, 0.15) is 11.8 Å². The first kappa shape index (κ1) is 13.9. The lowest BCUT2D eigenvalue weighted by molar-refractivity contribution is 0.295. The molecule has 0 saturated heterocycles. The quantitative estimate of drug-likeness (QED) is 0.826. The minimum atomic E-state index is -3.40. The summed E-state index contributed by atoms with van der Waals surface area (Å²) < 4.78 is 26.1. The van der Waals surface area contributed by atoms with E-state index >= 15 is 0 Å². The molecule has 1 aromatic heterocycles. The molecule has 1 rings (SSSR count). The van der Waals surface area contributed by atoms with Crippen molar-refractivity contribution in [2.75, 3.05) is 13.2 Å². The van der Waals surface area contributed by atoms with Gasteiger partial charge in [-0.2, -0.15) is 0 Å². The third kappa shape index (κ3) is 4.03. The summed E-state index contributed by atoms with van der Waals surface area (Å²) in [6.07, 6.45) is 0.606. The van der Waals surface area contributed by atoms with Crippen LogP contribution in [0, 0.1) is 0 Å². The zero-order valence-electron chi connectivity index (χ0n) is 8.81. The molecule has 1 unspecified atom stereocenters. The maximum Gasteiger partial charge on any atom is 0.216 e. The second kappa shape index (κ2) is 5.97. The molecule has 0 amide bonds. The Morgan fingerprint density at radius 3 is 2.75 bits per heavy atom. The van der Waals surface area contributed by atoms with Crippen molar-refractivity contribution in [3.05, 3.63) is 21.3 Å². The smallest absolute Gasteiger partial charge is 0.216 e. The Balaban J connectivity index is 2.41. The Labute approximate surface area is 104 Å². The van der Waals surface area contributed by atoms with Gasteiger partial charge in [-0.3, -0.25) is 0 Å². The van der Waals surface area contributed by atoms with Gasteiger partial charge >= 0.3 is 0 Å². The Bertz CT molecular complexity index is 430. The molecule has 0 spiro atoms. The molecule has 0 aliphatic heterocycles. The monoisotopic (exact) mass is 283 g/mol. The normalized spacial score (nSPS) is 13.9. The number of aliphatic hydroxyl groups excluding tert-OH is 1. The van der Waals surface area contributed by atoms with Crippen molar-refractivity contribution in [2.24, 2.45) is 0 Å². The minimum absolute atomic E-state index is 0.323. The Hall–Kier alpha value is -0.140. The molecule has 0 aliphatic rings. The van der Waals surface area contributed by atoms with Gasteiger partial charge in [-0.15, -0.1) is 11.3 Å². The number of halogens is 1. The van der Waals surface area contributed by atoms with Gasteiger partial charge in [0.05, 0.1) is 16.2 Å². The summed E-state index contributed by atoms with van der Waals surface area (Å²) in [5.41, 5.74) is 0. The molecule has 16 heavy (non-hydrogen) atoms. The highest BCUT2D eigenvalue weighted by molar-refractivity contribution is 7.90. The van der Waals surface area contributed by atoms with Gasteiger partial charge < -0.3 is 5.11 Å². The predicted molar refractivity (Wildman–Crippen MR) is 66.5 cm³/mol. The van der Waals surface area contributed by atoms with E-state index in [1.807, 2.05) is 6.07 Å². The highest BCUT2D eigenvalue weighted by Gasteiger charge is 2.18. The molecule has 0 radical (unpaired) electrons. The summed E-state index contributed by atoms with van der Waals surface area (Å²) in [6.45, 7) is 1.41. The van der Waals surface area contributed by atoms with Crippen molar-refractivity contribution in [1.82, 2.24) is 4.72 Å². The van der Waals surface area contributed by atoms with E-state index in [0.717, 1.165) is 4.88 Å². The van der Waals surface area contributed by atoms with Crippen LogP contribution in [0.15, 0.2) is 12.1 Å². The van der Waals surface area contributed by atoms with Gasteiger partial charge in [-0.1, -0.05) is 11.6 Å². The van der Waals surface area contributed by atoms with Gasteiger partial charge in [0.25, 0.3) is 0 Å². The Kier molecular flexibility index (Phi) is 5.20. The lowest BCUT2D eigenvalue weighted by Crippen LogP contribution is -2.35. The summed E-state index contributed by atoms with van der Waals surface area (Å²) in [5.74, 6) is 0. The van der Waals surface area contributed by atoms with Gasteiger partial charge in [0.1, 0.15) is 0 Å². The van der Waals surface area contributed by atoms with Crippen molar-refractivity contribution >= 4 is 33.0 Å². The summed E-state index contributed by atoms with van der Waals surface area (Å²) in [6, 6.07) is 3.66. The van der Waals surface area contributed by atoms with E-state index in [-0.39, 0.29) is 6.61 Å². The standard InChI is InChI=1S/C9H14ClNO3S2/c1-7(6-12)16(13,14)11-5-4-8-2-3-9(10)15-8/h2-3,7,11-12H,4-6H2,1H3. The van der Waals surface area contributed by atoms with E-state index in [0.29, 0.717) is 17.3 Å². The molecule has 0 aliphatic carbocycles. The average molecular weight is 284 g/mol. The van der Waals surface area contributed by atoms with Crippen molar-refractivity contribution in [3.8, 4) is 0 Å².